The Morgan fingerprint density at radius 3 is 2.35 bits per heavy atom. The van der Waals surface area contributed by atoms with Gasteiger partial charge in [-0.15, -0.1) is 0 Å². The molecule has 128 valence electrons. The topological polar surface area (TPSA) is 61.4 Å². The van der Waals surface area contributed by atoms with Crippen molar-refractivity contribution in [3.63, 3.8) is 0 Å². The van der Waals surface area contributed by atoms with E-state index in [9.17, 15) is 14.0 Å². The lowest BCUT2D eigenvalue weighted by atomic mass is 10.2. The van der Waals surface area contributed by atoms with Gasteiger partial charge in [-0.25, -0.2) is 4.39 Å². The van der Waals surface area contributed by atoms with Crippen molar-refractivity contribution >= 4 is 11.8 Å². The summed E-state index contributed by atoms with van der Waals surface area (Å²) in [6, 6.07) is 6.16. The van der Waals surface area contributed by atoms with Gasteiger partial charge < -0.3 is 10.6 Å². The molecule has 1 aromatic carbocycles. The van der Waals surface area contributed by atoms with E-state index in [1.807, 2.05) is 0 Å². The van der Waals surface area contributed by atoms with Gasteiger partial charge in [0.05, 0.1) is 6.54 Å². The summed E-state index contributed by atoms with van der Waals surface area (Å²) in [7, 11) is 0. The van der Waals surface area contributed by atoms with E-state index in [4.69, 9.17) is 0 Å². The SMILES string of the molecule is CC(C)N(CCNC(=O)CNC(=O)c1cccc(F)c1)C(C)C. The summed E-state index contributed by atoms with van der Waals surface area (Å²) in [4.78, 5) is 25.8. The molecule has 0 bridgehead atoms. The number of benzene rings is 1. The first-order valence-corrected chi connectivity index (χ1v) is 7.87. The molecule has 0 aromatic heterocycles. The minimum atomic E-state index is -0.482. The smallest absolute Gasteiger partial charge is 0.251 e. The molecule has 2 N–H and O–H groups in total. The lowest BCUT2D eigenvalue weighted by Crippen LogP contribution is -2.44. The van der Waals surface area contributed by atoms with Crippen molar-refractivity contribution in [1.82, 2.24) is 15.5 Å². The summed E-state index contributed by atoms with van der Waals surface area (Å²) in [5.74, 6) is -1.21. The Morgan fingerprint density at radius 2 is 1.78 bits per heavy atom. The number of hydrogen-bond donors (Lipinski definition) is 2. The van der Waals surface area contributed by atoms with Crippen LogP contribution in [0.4, 0.5) is 4.39 Å². The van der Waals surface area contributed by atoms with Gasteiger partial charge in [-0.05, 0) is 45.9 Å². The van der Waals surface area contributed by atoms with Gasteiger partial charge in [0.1, 0.15) is 5.82 Å². The number of halogens is 1. The summed E-state index contributed by atoms with van der Waals surface area (Å²) >= 11 is 0. The Bertz CT molecular complexity index is 524. The first-order chi connectivity index (χ1) is 10.8. The van der Waals surface area contributed by atoms with E-state index in [1.54, 1.807) is 0 Å². The van der Waals surface area contributed by atoms with Crippen LogP contribution in [0.5, 0.6) is 0 Å². The second-order valence-corrected chi connectivity index (χ2v) is 5.97. The van der Waals surface area contributed by atoms with Crippen molar-refractivity contribution in [2.24, 2.45) is 0 Å². The van der Waals surface area contributed by atoms with Gasteiger partial charge in [0.2, 0.25) is 5.91 Å². The molecule has 0 saturated carbocycles. The predicted molar refractivity (Wildman–Crippen MR) is 88.7 cm³/mol. The highest BCUT2D eigenvalue weighted by Gasteiger charge is 2.13. The van der Waals surface area contributed by atoms with Crippen molar-refractivity contribution < 1.29 is 14.0 Å². The van der Waals surface area contributed by atoms with E-state index in [0.29, 0.717) is 18.6 Å². The normalized spacial score (nSPS) is 11.1. The number of amides is 2. The number of nitrogens with zero attached hydrogens (tertiary/aromatic N) is 1. The number of carbonyl (C=O) groups is 2. The van der Waals surface area contributed by atoms with Crippen LogP contribution in [0.3, 0.4) is 0 Å². The highest BCUT2D eigenvalue weighted by Crippen LogP contribution is 2.04. The molecular weight excluding hydrogens is 297 g/mol. The molecule has 0 spiro atoms. The molecule has 0 aliphatic rings. The van der Waals surface area contributed by atoms with Gasteiger partial charge in [0.15, 0.2) is 0 Å². The minimum absolute atomic E-state index is 0.126. The monoisotopic (exact) mass is 323 g/mol. The maximum atomic E-state index is 13.0. The largest absolute Gasteiger partial charge is 0.353 e. The molecule has 0 fully saturated rings. The summed E-state index contributed by atoms with van der Waals surface area (Å²) in [5, 5.41) is 5.25. The number of carbonyl (C=O) groups excluding carboxylic acids is 2. The molecule has 0 radical (unpaired) electrons. The summed E-state index contributed by atoms with van der Waals surface area (Å²) in [6.45, 7) is 9.59. The van der Waals surface area contributed by atoms with Crippen LogP contribution in [0.2, 0.25) is 0 Å². The average Bonchev–Trinajstić information content (AvgIpc) is 2.48. The summed E-state index contributed by atoms with van der Waals surface area (Å²) in [5.41, 5.74) is 0.198. The Morgan fingerprint density at radius 1 is 1.13 bits per heavy atom. The van der Waals surface area contributed by atoms with Gasteiger partial charge in [-0.2, -0.15) is 0 Å². The molecule has 0 aliphatic carbocycles. The van der Waals surface area contributed by atoms with Crippen LogP contribution in [0.25, 0.3) is 0 Å². The molecule has 0 atom stereocenters. The number of rotatable bonds is 8. The van der Waals surface area contributed by atoms with Crippen molar-refractivity contribution in [3.8, 4) is 0 Å². The first kappa shape index (κ1) is 19.1. The maximum absolute atomic E-state index is 13.0. The zero-order valence-corrected chi connectivity index (χ0v) is 14.2. The zero-order valence-electron chi connectivity index (χ0n) is 14.2. The third-order valence-corrected chi connectivity index (χ3v) is 3.52. The summed E-state index contributed by atoms with van der Waals surface area (Å²) < 4.78 is 13.0. The van der Waals surface area contributed by atoms with Crippen LogP contribution < -0.4 is 10.6 Å². The van der Waals surface area contributed by atoms with Crippen molar-refractivity contribution in [1.29, 1.82) is 0 Å². The van der Waals surface area contributed by atoms with Gasteiger partial charge in [-0.3, -0.25) is 14.5 Å². The number of nitrogens with one attached hydrogen (secondary N) is 2. The molecule has 1 aromatic rings. The minimum Gasteiger partial charge on any atom is -0.353 e. The lowest BCUT2D eigenvalue weighted by molar-refractivity contribution is -0.120. The molecule has 23 heavy (non-hydrogen) atoms. The molecular formula is C17H26FN3O2. The fourth-order valence-electron chi connectivity index (χ4n) is 2.39. The fraction of sp³-hybridized carbons (Fsp3) is 0.529. The van der Waals surface area contributed by atoms with Gasteiger partial charge >= 0.3 is 0 Å². The second-order valence-electron chi connectivity index (χ2n) is 5.97. The molecule has 1 rings (SSSR count). The highest BCUT2D eigenvalue weighted by molar-refractivity contribution is 5.96. The molecule has 6 heteroatoms. The van der Waals surface area contributed by atoms with Gasteiger partial charge in [0.25, 0.3) is 5.91 Å². The van der Waals surface area contributed by atoms with Crippen LogP contribution in [-0.2, 0) is 4.79 Å². The van der Waals surface area contributed by atoms with Crippen LogP contribution in [0.15, 0.2) is 24.3 Å². The molecule has 0 saturated heterocycles. The Kier molecular flexibility index (Phi) is 7.68. The maximum Gasteiger partial charge on any atom is 0.251 e. The van der Waals surface area contributed by atoms with Crippen LogP contribution >= 0.6 is 0 Å². The number of hydrogen-bond acceptors (Lipinski definition) is 3. The lowest BCUT2D eigenvalue weighted by Gasteiger charge is -2.30. The van der Waals surface area contributed by atoms with E-state index in [2.05, 4.69) is 43.2 Å². The van der Waals surface area contributed by atoms with E-state index < -0.39 is 11.7 Å². The third-order valence-electron chi connectivity index (χ3n) is 3.52. The van der Waals surface area contributed by atoms with E-state index >= 15 is 0 Å². The van der Waals surface area contributed by atoms with Crippen molar-refractivity contribution in [2.45, 2.75) is 39.8 Å². The van der Waals surface area contributed by atoms with E-state index in [1.165, 1.54) is 18.2 Å². The molecule has 0 aliphatic heterocycles. The second kappa shape index (κ2) is 9.25. The molecule has 5 nitrogen and oxygen atoms in total. The van der Waals surface area contributed by atoms with Gasteiger partial charge in [0, 0.05) is 30.7 Å². The standard InChI is InChI=1S/C17H26FN3O2/c1-12(2)21(13(3)4)9-8-19-16(22)11-20-17(23)14-6-5-7-15(18)10-14/h5-7,10,12-13H,8-9,11H2,1-4H3,(H,19,22)(H,20,23). The van der Waals surface area contributed by atoms with E-state index in [-0.39, 0.29) is 18.0 Å². The summed E-state index contributed by atoms with van der Waals surface area (Å²) in [6.07, 6.45) is 0. The molecule has 0 heterocycles. The van der Waals surface area contributed by atoms with Crippen LogP contribution in [0, 0.1) is 5.82 Å². The van der Waals surface area contributed by atoms with Crippen molar-refractivity contribution in [2.75, 3.05) is 19.6 Å². The average molecular weight is 323 g/mol. The van der Waals surface area contributed by atoms with Crippen molar-refractivity contribution in [3.05, 3.63) is 35.6 Å². The van der Waals surface area contributed by atoms with Crippen LogP contribution in [0.1, 0.15) is 38.1 Å². The molecule has 0 unspecified atom stereocenters. The zero-order chi connectivity index (χ0) is 17.4. The predicted octanol–water partition coefficient (Wildman–Crippen LogP) is 1.79. The fourth-order valence-corrected chi connectivity index (χ4v) is 2.39. The quantitative estimate of drug-likeness (QED) is 0.767. The first-order valence-electron chi connectivity index (χ1n) is 7.87. The Hall–Kier alpha value is -1.95. The third kappa shape index (κ3) is 6.78. The Balaban J connectivity index is 2.33. The van der Waals surface area contributed by atoms with Crippen LogP contribution in [-0.4, -0.2) is 48.4 Å². The Labute approximate surface area is 137 Å². The molecule has 2 amide bonds. The van der Waals surface area contributed by atoms with Gasteiger partial charge in [-0.1, -0.05) is 6.07 Å². The highest BCUT2D eigenvalue weighted by atomic mass is 19.1. The van der Waals surface area contributed by atoms with E-state index in [0.717, 1.165) is 12.6 Å².